The molecule has 3 fully saturated rings. The molecule has 4 aliphatic rings. The average molecular weight is 368 g/mol. The van der Waals surface area contributed by atoms with Crippen LogP contribution in [0, 0.1) is 17.8 Å². The molecule has 0 aromatic heterocycles. The number of hydrogen-bond donors (Lipinski definition) is 7. The van der Waals surface area contributed by atoms with E-state index >= 15 is 0 Å². The summed E-state index contributed by atoms with van der Waals surface area (Å²) in [5.74, 6) is 0.0585. The fourth-order valence-electron chi connectivity index (χ4n) is 4.61. The molecule has 0 aliphatic carbocycles. The number of carbonyl (C=O) groups excluding carboxylic acids is 1. The molecule has 0 radical (unpaired) electrons. The highest BCUT2D eigenvalue weighted by Gasteiger charge is 2.46. The Kier molecular flexibility index (Phi) is 5.39. The zero-order valence-electron chi connectivity index (χ0n) is 14.8. The van der Waals surface area contributed by atoms with Gasteiger partial charge in [0, 0.05) is 32.3 Å². The van der Waals surface area contributed by atoms with Crippen molar-refractivity contribution < 1.29 is 9.18 Å². The lowest BCUT2D eigenvalue weighted by Crippen LogP contribution is -2.60. The number of nitrogens with one attached hydrogen (secondary N) is 6. The Labute approximate surface area is 152 Å². The number of hydrogen-bond acceptors (Lipinski definition) is 8. The van der Waals surface area contributed by atoms with Gasteiger partial charge in [-0.1, -0.05) is 0 Å². The van der Waals surface area contributed by atoms with E-state index in [1.165, 1.54) is 6.20 Å². The molecule has 10 heteroatoms. The molecule has 3 saturated heterocycles. The van der Waals surface area contributed by atoms with Crippen molar-refractivity contribution in [2.75, 3.05) is 39.4 Å². The largest absolute Gasteiger partial charge is 0.351 e. The molecule has 26 heavy (non-hydrogen) atoms. The second-order valence-electron chi connectivity index (χ2n) is 7.61. The van der Waals surface area contributed by atoms with E-state index in [0.717, 1.165) is 39.3 Å². The van der Waals surface area contributed by atoms with Gasteiger partial charge in [0.1, 0.15) is 17.9 Å². The molecule has 0 aromatic rings. The molecule has 0 saturated carbocycles. The van der Waals surface area contributed by atoms with E-state index in [-0.39, 0.29) is 30.5 Å². The van der Waals surface area contributed by atoms with Gasteiger partial charge in [-0.25, -0.2) is 9.82 Å². The Balaban J connectivity index is 1.42. The van der Waals surface area contributed by atoms with Crippen LogP contribution < -0.4 is 37.7 Å². The number of piperidine rings is 1. The predicted octanol–water partition coefficient (Wildman–Crippen LogP) is -2.69. The van der Waals surface area contributed by atoms with Gasteiger partial charge in [-0.2, -0.15) is 0 Å². The summed E-state index contributed by atoms with van der Waals surface area (Å²) >= 11 is 0. The van der Waals surface area contributed by atoms with Crippen molar-refractivity contribution in [1.82, 2.24) is 37.0 Å². The van der Waals surface area contributed by atoms with Crippen LogP contribution in [0.2, 0.25) is 0 Å². The molecule has 0 bridgehead atoms. The summed E-state index contributed by atoms with van der Waals surface area (Å²) in [5.41, 5.74) is 9.09. The number of nitrogens with zero attached hydrogens (tertiary/aromatic N) is 1. The number of nitrogens with two attached hydrogens (primary N) is 1. The van der Waals surface area contributed by atoms with Gasteiger partial charge in [-0.05, 0) is 24.8 Å². The van der Waals surface area contributed by atoms with E-state index < -0.39 is 12.1 Å². The molecule has 0 spiro atoms. The summed E-state index contributed by atoms with van der Waals surface area (Å²) in [6, 6.07) is 0.0695. The van der Waals surface area contributed by atoms with Gasteiger partial charge in [0.25, 0.3) is 0 Å². The Morgan fingerprint density at radius 2 is 2.08 bits per heavy atom. The van der Waals surface area contributed by atoms with Crippen LogP contribution in [0.5, 0.6) is 0 Å². The quantitative estimate of drug-likeness (QED) is 0.288. The zero-order chi connectivity index (χ0) is 18.1. The first-order chi connectivity index (χ1) is 12.6. The van der Waals surface area contributed by atoms with Crippen molar-refractivity contribution >= 4 is 5.91 Å². The van der Waals surface area contributed by atoms with Crippen LogP contribution in [0.1, 0.15) is 6.42 Å². The third kappa shape index (κ3) is 3.57. The van der Waals surface area contributed by atoms with Crippen LogP contribution in [0.25, 0.3) is 0 Å². The van der Waals surface area contributed by atoms with Crippen molar-refractivity contribution in [1.29, 1.82) is 0 Å². The normalized spacial score (nSPS) is 38.6. The average Bonchev–Trinajstić information content (AvgIpc) is 2.97. The molecule has 4 aliphatic heterocycles. The summed E-state index contributed by atoms with van der Waals surface area (Å²) in [6.07, 6.45) is 1.52. The smallest absolute Gasteiger partial charge is 0.229 e. The van der Waals surface area contributed by atoms with Crippen LogP contribution in [-0.4, -0.2) is 68.7 Å². The Hall–Kier alpha value is -1.30. The Morgan fingerprint density at radius 1 is 1.27 bits per heavy atom. The minimum Gasteiger partial charge on any atom is -0.351 e. The van der Waals surface area contributed by atoms with Gasteiger partial charge in [-0.15, -0.1) is 0 Å². The lowest BCUT2D eigenvalue weighted by Gasteiger charge is -2.40. The van der Waals surface area contributed by atoms with E-state index in [1.807, 2.05) is 0 Å². The maximum absolute atomic E-state index is 13.5. The molecule has 1 amide bonds. The van der Waals surface area contributed by atoms with E-state index in [4.69, 9.17) is 5.73 Å². The molecule has 9 nitrogen and oxygen atoms in total. The van der Waals surface area contributed by atoms with Crippen LogP contribution in [-0.2, 0) is 4.79 Å². The highest BCUT2D eigenvalue weighted by molar-refractivity contribution is 5.81. The second kappa shape index (κ2) is 7.75. The standard InChI is InChI=1S/C16H29FN8O/c17-10-5-22-15-13(14(18)24-25(15)7-10)16(26)23-12-6-19-2-1-11(12)9-3-20-8-21-4-9/h7,9,11-15,19-22,24H,1-6,8,18H2,(H,23,26). The SMILES string of the molecule is NC1NN2C=C(F)CNC2C1C(=O)NC1CNCCC1C1CNCNC1. The number of rotatable bonds is 3. The van der Waals surface area contributed by atoms with Crippen LogP contribution in [0.4, 0.5) is 4.39 Å². The fourth-order valence-corrected chi connectivity index (χ4v) is 4.61. The van der Waals surface area contributed by atoms with Crippen LogP contribution >= 0.6 is 0 Å². The van der Waals surface area contributed by atoms with E-state index in [1.54, 1.807) is 5.01 Å². The van der Waals surface area contributed by atoms with Crippen molar-refractivity contribution in [3.05, 3.63) is 12.0 Å². The van der Waals surface area contributed by atoms with Gasteiger partial charge in [0.05, 0.1) is 18.9 Å². The van der Waals surface area contributed by atoms with Gasteiger partial charge >= 0.3 is 0 Å². The minimum atomic E-state index is -0.553. The van der Waals surface area contributed by atoms with Crippen LogP contribution in [0.15, 0.2) is 12.0 Å². The van der Waals surface area contributed by atoms with Gasteiger partial charge in [-0.3, -0.25) is 15.1 Å². The van der Waals surface area contributed by atoms with Gasteiger partial charge in [0.2, 0.25) is 5.91 Å². The predicted molar refractivity (Wildman–Crippen MR) is 94.7 cm³/mol. The molecule has 4 rings (SSSR count). The number of carbonyl (C=O) groups is 1. The lowest BCUT2D eigenvalue weighted by molar-refractivity contribution is -0.127. The topological polar surface area (TPSA) is 119 Å². The molecule has 5 unspecified atom stereocenters. The van der Waals surface area contributed by atoms with Crippen molar-refractivity contribution in [2.45, 2.75) is 24.8 Å². The first kappa shape index (κ1) is 18.1. The van der Waals surface area contributed by atoms with Crippen molar-refractivity contribution in [3.8, 4) is 0 Å². The molecule has 5 atom stereocenters. The molecule has 4 heterocycles. The van der Waals surface area contributed by atoms with Gasteiger partial charge in [0.15, 0.2) is 0 Å². The lowest BCUT2D eigenvalue weighted by atomic mass is 9.80. The number of halogens is 1. The zero-order valence-corrected chi connectivity index (χ0v) is 14.8. The molecule has 146 valence electrons. The third-order valence-electron chi connectivity index (χ3n) is 5.92. The number of amides is 1. The maximum Gasteiger partial charge on any atom is 0.229 e. The van der Waals surface area contributed by atoms with Crippen molar-refractivity contribution in [2.24, 2.45) is 23.5 Å². The minimum absolute atomic E-state index is 0.0695. The first-order valence-electron chi connectivity index (χ1n) is 9.45. The fraction of sp³-hybridized carbons (Fsp3) is 0.812. The van der Waals surface area contributed by atoms with Gasteiger partial charge < -0.3 is 27.0 Å². The second-order valence-corrected chi connectivity index (χ2v) is 7.61. The molecule has 0 aromatic carbocycles. The van der Waals surface area contributed by atoms with E-state index in [9.17, 15) is 9.18 Å². The molecular formula is C16H29FN8O. The Bertz CT molecular complexity index is 554. The summed E-state index contributed by atoms with van der Waals surface area (Å²) in [4.78, 5) is 13.0. The summed E-state index contributed by atoms with van der Waals surface area (Å²) in [7, 11) is 0. The summed E-state index contributed by atoms with van der Waals surface area (Å²) in [5, 5.41) is 18.0. The van der Waals surface area contributed by atoms with Crippen LogP contribution in [0.3, 0.4) is 0 Å². The highest BCUT2D eigenvalue weighted by Crippen LogP contribution is 2.26. The highest BCUT2D eigenvalue weighted by atomic mass is 19.1. The summed E-state index contributed by atoms with van der Waals surface area (Å²) < 4.78 is 13.5. The third-order valence-corrected chi connectivity index (χ3v) is 5.92. The molecular weight excluding hydrogens is 339 g/mol. The number of fused-ring (bicyclic) bond motifs is 1. The Morgan fingerprint density at radius 3 is 2.88 bits per heavy atom. The van der Waals surface area contributed by atoms with Crippen molar-refractivity contribution in [3.63, 3.8) is 0 Å². The molecule has 8 N–H and O–H groups in total. The first-order valence-corrected chi connectivity index (χ1v) is 9.45. The van der Waals surface area contributed by atoms with E-state index in [0.29, 0.717) is 11.8 Å². The summed E-state index contributed by atoms with van der Waals surface area (Å²) in [6.45, 7) is 4.63. The maximum atomic E-state index is 13.5. The number of hydrazine groups is 1. The monoisotopic (exact) mass is 368 g/mol. The van der Waals surface area contributed by atoms with E-state index in [2.05, 4.69) is 32.0 Å².